The number of benzene rings is 2. The summed E-state index contributed by atoms with van der Waals surface area (Å²) in [4.78, 5) is 12.1. The molecule has 1 heterocycles. The number of anilines is 2. The molecule has 7 nitrogen and oxygen atoms in total. The number of furan rings is 1. The highest BCUT2D eigenvalue weighted by atomic mass is 79.9. The van der Waals surface area contributed by atoms with Gasteiger partial charge in [0.1, 0.15) is 0 Å². The maximum Gasteiger partial charge on any atom is 0.293 e. The van der Waals surface area contributed by atoms with Gasteiger partial charge in [-0.25, -0.2) is 8.42 Å². The largest absolute Gasteiger partial charge is 0.444 e. The predicted octanol–water partition coefficient (Wildman–Crippen LogP) is 4.59. The van der Waals surface area contributed by atoms with E-state index in [9.17, 15) is 13.2 Å². The normalized spacial score (nSPS) is 11.0. The number of carbonyl (C=O) groups is 1. The fourth-order valence-electron chi connectivity index (χ4n) is 2.50. The zero-order chi connectivity index (χ0) is 21.9. The SMILES string of the molecule is Cc1ccc(NS(=O)(=O)c2ccc(NC(=S)NC(=O)c3ccc(Br)o3)cc2)cc1C. The third-order valence-corrected chi connectivity index (χ3v) is 6.23. The highest BCUT2D eigenvalue weighted by molar-refractivity contribution is 9.10. The van der Waals surface area contributed by atoms with Crippen LogP contribution in [-0.2, 0) is 10.0 Å². The second-order valence-corrected chi connectivity index (χ2v) is 9.31. The standard InChI is InChI=1S/C20H18BrN3O4S2/c1-12-3-4-15(11-13(12)2)24-30(26,27)16-7-5-14(6-8-16)22-20(29)23-19(25)17-9-10-18(21)28-17/h3-11,24H,1-2H3,(H2,22,23,25,29). The van der Waals surface area contributed by atoms with E-state index in [-0.39, 0.29) is 15.8 Å². The van der Waals surface area contributed by atoms with Crippen LogP contribution in [0, 0.1) is 13.8 Å². The van der Waals surface area contributed by atoms with E-state index in [1.54, 1.807) is 30.3 Å². The van der Waals surface area contributed by atoms with Crippen molar-refractivity contribution in [3.8, 4) is 0 Å². The lowest BCUT2D eigenvalue weighted by atomic mass is 10.1. The molecular weight excluding hydrogens is 490 g/mol. The smallest absolute Gasteiger partial charge is 0.293 e. The van der Waals surface area contributed by atoms with Gasteiger partial charge >= 0.3 is 0 Å². The maximum atomic E-state index is 12.6. The Morgan fingerprint density at radius 2 is 1.63 bits per heavy atom. The van der Waals surface area contributed by atoms with E-state index in [0.717, 1.165) is 11.1 Å². The Bertz CT molecular complexity index is 1210. The minimum absolute atomic E-state index is 0.0522. The molecule has 3 rings (SSSR count). The molecule has 2 aromatic carbocycles. The number of sulfonamides is 1. The van der Waals surface area contributed by atoms with Gasteiger partial charge in [0.25, 0.3) is 15.9 Å². The van der Waals surface area contributed by atoms with Gasteiger partial charge in [0, 0.05) is 11.4 Å². The molecule has 0 spiro atoms. The van der Waals surface area contributed by atoms with Crippen LogP contribution in [0.15, 0.2) is 68.6 Å². The van der Waals surface area contributed by atoms with Crippen LogP contribution >= 0.6 is 28.1 Å². The molecule has 0 atom stereocenters. The van der Waals surface area contributed by atoms with Gasteiger partial charge in [0.05, 0.1) is 4.90 Å². The Morgan fingerprint density at radius 3 is 2.23 bits per heavy atom. The van der Waals surface area contributed by atoms with Gasteiger partial charge in [0.15, 0.2) is 15.5 Å². The lowest BCUT2D eigenvalue weighted by molar-refractivity contribution is 0.0949. The maximum absolute atomic E-state index is 12.6. The van der Waals surface area contributed by atoms with Crippen LogP contribution in [0.5, 0.6) is 0 Å². The summed E-state index contributed by atoms with van der Waals surface area (Å²) in [5, 5.41) is 5.36. The van der Waals surface area contributed by atoms with Gasteiger partial charge in [0.2, 0.25) is 0 Å². The highest BCUT2D eigenvalue weighted by Gasteiger charge is 2.15. The van der Waals surface area contributed by atoms with Crippen molar-refractivity contribution >= 4 is 60.6 Å². The lowest BCUT2D eigenvalue weighted by Gasteiger charge is -2.11. The number of amides is 1. The van der Waals surface area contributed by atoms with Crippen molar-refractivity contribution in [2.24, 2.45) is 0 Å². The number of hydrogen-bond acceptors (Lipinski definition) is 5. The number of aryl methyl sites for hydroxylation is 2. The van der Waals surface area contributed by atoms with Gasteiger partial charge in [-0.3, -0.25) is 14.8 Å². The van der Waals surface area contributed by atoms with E-state index in [1.807, 2.05) is 19.9 Å². The number of halogens is 1. The summed E-state index contributed by atoms with van der Waals surface area (Å²) in [5.74, 6) is -0.403. The van der Waals surface area contributed by atoms with Crippen LogP contribution in [0.3, 0.4) is 0 Å². The number of carbonyl (C=O) groups excluding carboxylic acids is 1. The molecule has 0 bridgehead atoms. The monoisotopic (exact) mass is 507 g/mol. The second kappa shape index (κ2) is 8.99. The number of nitrogens with one attached hydrogen (secondary N) is 3. The average molecular weight is 508 g/mol. The van der Waals surface area contributed by atoms with E-state index >= 15 is 0 Å². The Labute approximate surface area is 188 Å². The van der Waals surface area contributed by atoms with Crippen LogP contribution in [0.2, 0.25) is 0 Å². The Morgan fingerprint density at radius 1 is 0.967 bits per heavy atom. The van der Waals surface area contributed by atoms with Crippen molar-refractivity contribution in [3.63, 3.8) is 0 Å². The molecule has 1 aromatic heterocycles. The fraction of sp³-hybridized carbons (Fsp3) is 0.100. The molecule has 0 saturated carbocycles. The Kier molecular flexibility index (Phi) is 6.59. The van der Waals surface area contributed by atoms with E-state index in [4.69, 9.17) is 16.6 Å². The second-order valence-electron chi connectivity index (χ2n) is 6.44. The number of thiocarbonyl (C=S) groups is 1. The first kappa shape index (κ1) is 22.0. The van der Waals surface area contributed by atoms with Gasteiger partial charge in [-0.15, -0.1) is 0 Å². The molecule has 0 unspecified atom stereocenters. The van der Waals surface area contributed by atoms with E-state index in [0.29, 0.717) is 16.0 Å². The molecule has 0 fully saturated rings. The molecule has 3 aromatic rings. The van der Waals surface area contributed by atoms with Crippen LogP contribution in [0.25, 0.3) is 0 Å². The molecule has 0 saturated heterocycles. The van der Waals surface area contributed by atoms with Gasteiger partial charge < -0.3 is 9.73 Å². The topological polar surface area (TPSA) is 100 Å². The third kappa shape index (κ3) is 5.47. The molecular formula is C20H18BrN3O4S2. The molecule has 0 aliphatic heterocycles. The molecule has 0 aliphatic rings. The fourth-order valence-corrected chi connectivity index (χ4v) is 4.07. The van der Waals surface area contributed by atoms with Gasteiger partial charge in [-0.1, -0.05) is 6.07 Å². The van der Waals surface area contributed by atoms with Crippen molar-refractivity contribution in [3.05, 3.63) is 76.2 Å². The minimum atomic E-state index is -3.74. The third-order valence-electron chi connectivity index (χ3n) is 4.21. The first-order valence-corrected chi connectivity index (χ1v) is 11.4. The Balaban J connectivity index is 1.64. The van der Waals surface area contributed by atoms with Crippen molar-refractivity contribution in [1.82, 2.24) is 5.32 Å². The number of rotatable bonds is 5. The Hall–Kier alpha value is -2.69. The summed E-state index contributed by atoms with van der Waals surface area (Å²) in [6.07, 6.45) is 0. The average Bonchev–Trinajstić information content (AvgIpc) is 3.11. The van der Waals surface area contributed by atoms with Gasteiger partial charge in [-0.05, 0) is 102 Å². The molecule has 3 N–H and O–H groups in total. The molecule has 0 aliphatic carbocycles. The quantitative estimate of drug-likeness (QED) is 0.436. The molecule has 0 radical (unpaired) electrons. The number of hydrogen-bond donors (Lipinski definition) is 3. The first-order chi connectivity index (χ1) is 14.1. The summed E-state index contributed by atoms with van der Waals surface area (Å²) in [6.45, 7) is 3.87. The zero-order valence-corrected chi connectivity index (χ0v) is 19.2. The molecule has 1 amide bonds. The summed E-state index contributed by atoms with van der Waals surface area (Å²) in [6, 6.07) is 14.4. The summed E-state index contributed by atoms with van der Waals surface area (Å²) < 4.78 is 33.4. The van der Waals surface area contributed by atoms with Crippen LogP contribution in [-0.4, -0.2) is 19.4 Å². The predicted molar refractivity (Wildman–Crippen MR) is 123 cm³/mol. The summed E-state index contributed by atoms with van der Waals surface area (Å²) in [5.41, 5.74) is 3.09. The minimum Gasteiger partial charge on any atom is -0.444 e. The lowest BCUT2D eigenvalue weighted by Crippen LogP contribution is -2.33. The first-order valence-electron chi connectivity index (χ1n) is 8.72. The van der Waals surface area contributed by atoms with E-state index in [1.165, 1.54) is 18.2 Å². The van der Waals surface area contributed by atoms with E-state index in [2.05, 4.69) is 31.3 Å². The summed E-state index contributed by atoms with van der Waals surface area (Å²) in [7, 11) is -3.74. The molecule has 156 valence electrons. The van der Waals surface area contributed by atoms with E-state index < -0.39 is 15.9 Å². The zero-order valence-electron chi connectivity index (χ0n) is 16.0. The van der Waals surface area contributed by atoms with Crippen LogP contribution in [0.1, 0.15) is 21.7 Å². The van der Waals surface area contributed by atoms with Crippen molar-refractivity contribution in [2.75, 3.05) is 10.0 Å². The van der Waals surface area contributed by atoms with Crippen molar-refractivity contribution in [2.45, 2.75) is 18.7 Å². The van der Waals surface area contributed by atoms with Gasteiger partial charge in [-0.2, -0.15) is 0 Å². The van der Waals surface area contributed by atoms with Crippen LogP contribution in [0.4, 0.5) is 11.4 Å². The van der Waals surface area contributed by atoms with Crippen LogP contribution < -0.4 is 15.4 Å². The summed E-state index contributed by atoms with van der Waals surface area (Å²) >= 11 is 8.23. The van der Waals surface area contributed by atoms with Crippen molar-refractivity contribution < 1.29 is 17.6 Å². The molecule has 10 heteroatoms. The molecule has 30 heavy (non-hydrogen) atoms. The highest BCUT2D eigenvalue weighted by Crippen LogP contribution is 2.20. The van der Waals surface area contributed by atoms with Crippen molar-refractivity contribution in [1.29, 1.82) is 0 Å².